The second-order valence-corrected chi connectivity index (χ2v) is 5.20. The highest BCUT2D eigenvalue weighted by atomic mass is 16.6. The summed E-state index contributed by atoms with van der Waals surface area (Å²) >= 11 is 0. The van der Waals surface area contributed by atoms with Crippen LogP contribution in [-0.2, 0) is 9.53 Å². The molecular formula is C15H20N4O6. The van der Waals surface area contributed by atoms with E-state index in [1.165, 1.54) is 32.6 Å². The van der Waals surface area contributed by atoms with E-state index in [-0.39, 0.29) is 29.5 Å². The summed E-state index contributed by atoms with van der Waals surface area (Å²) in [5, 5.41) is 15.0. The van der Waals surface area contributed by atoms with E-state index in [1.807, 2.05) is 4.90 Å². The molecule has 1 saturated heterocycles. The minimum Gasteiger partial charge on any atom is -0.493 e. The topological polar surface area (TPSA) is 116 Å². The molecule has 0 bridgehead atoms. The maximum atomic E-state index is 11.9. The summed E-state index contributed by atoms with van der Waals surface area (Å²) in [5.41, 5.74) is 2.35. The molecule has 1 fully saturated rings. The molecule has 2 rings (SSSR count). The summed E-state index contributed by atoms with van der Waals surface area (Å²) in [6.45, 7) is 2.73. The van der Waals surface area contributed by atoms with Crippen molar-refractivity contribution in [1.29, 1.82) is 0 Å². The third-order valence-corrected chi connectivity index (χ3v) is 3.59. The van der Waals surface area contributed by atoms with Crippen LogP contribution in [0.25, 0.3) is 0 Å². The van der Waals surface area contributed by atoms with Crippen LogP contribution < -0.4 is 14.9 Å². The number of nitrogens with zero attached hydrogens (tertiary/aromatic N) is 3. The molecule has 0 aromatic heterocycles. The molecule has 1 aromatic carbocycles. The summed E-state index contributed by atoms with van der Waals surface area (Å²) in [4.78, 5) is 24.4. The van der Waals surface area contributed by atoms with Crippen LogP contribution in [0.4, 0.5) is 5.69 Å². The predicted molar refractivity (Wildman–Crippen MR) is 89.2 cm³/mol. The second kappa shape index (κ2) is 8.94. The van der Waals surface area contributed by atoms with Crippen LogP contribution in [0.3, 0.4) is 0 Å². The van der Waals surface area contributed by atoms with Crippen LogP contribution in [0.15, 0.2) is 17.2 Å². The van der Waals surface area contributed by atoms with E-state index in [9.17, 15) is 14.9 Å². The molecule has 0 spiro atoms. The van der Waals surface area contributed by atoms with Crippen molar-refractivity contribution in [3.63, 3.8) is 0 Å². The van der Waals surface area contributed by atoms with Gasteiger partial charge in [0, 0.05) is 13.1 Å². The summed E-state index contributed by atoms with van der Waals surface area (Å²) in [7, 11) is 2.82. The smallest absolute Gasteiger partial charge is 0.282 e. The first-order chi connectivity index (χ1) is 12.0. The van der Waals surface area contributed by atoms with Gasteiger partial charge in [-0.1, -0.05) is 0 Å². The van der Waals surface area contributed by atoms with Crippen molar-refractivity contribution in [2.45, 2.75) is 0 Å². The molecular weight excluding hydrogens is 332 g/mol. The zero-order valence-electron chi connectivity index (χ0n) is 14.1. The van der Waals surface area contributed by atoms with E-state index in [2.05, 4.69) is 10.5 Å². The molecule has 1 aliphatic heterocycles. The second-order valence-electron chi connectivity index (χ2n) is 5.20. The predicted octanol–water partition coefficient (Wildman–Crippen LogP) is 0.394. The summed E-state index contributed by atoms with van der Waals surface area (Å²) in [5.74, 6) is 0.262. The number of ether oxygens (including phenoxy) is 3. The number of nitrogens with one attached hydrogen (secondary N) is 1. The standard InChI is InChI=1S/C15H20N4O6/c1-23-13-7-11(12(19(21)22)8-14(13)24-2)9-16-17-15(20)10-18-3-5-25-6-4-18/h7-9H,3-6,10H2,1-2H3,(H,17,20). The molecule has 0 radical (unpaired) electrons. The van der Waals surface area contributed by atoms with Crippen molar-refractivity contribution < 1.29 is 23.9 Å². The fraction of sp³-hybridized carbons (Fsp3) is 0.467. The lowest BCUT2D eigenvalue weighted by molar-refractivity contribution is -0.385. The number of carbonyl (C=O) groups is 1. The fourth-order valence-corrected chi connectivity index (χ4v) is 2.32. The van der Waals surface area contributed by atoms with E-state index in [4.69, 9.17) is 14.2 Å². The third kappa shape index (κ3) is 5.13. The van der Waals surface area contributed by atoms with Crippen LogP contribution in [0.5, 0.6) is 11.5 Å². The number of hydrazone groups is 1. The van der Waals surface area contributed by atoms with E-state index < -0.39 is 4.92 Å². The van der Waals surface area contributed by atoms with Crippen molar-refractivity contribution in [1.82, 2.24) is 10.3 Å². The zero-order chi connectivity index (χ0) is 18.2. The molecule has 1 amide bonds. The third-order valence-electron chi connectivity index (χ3n) is 3.59. The van der Waals surface area contributed by atoms with Crippen LogP contribution in [-0.4, -0.2) is 69.0 Å². The lowest BCUT2D eigenvalue weighted by Gasteiger charge is -2.25. The molecule has 0 aliphatic carbocycles. The Morgan fingerprint density at radius 3 is 2.60 bits per heavy atom. The van der Waals surface area contributed by atoms with Gasteiger partial charge in [-0.25, -0.2) is 5.43 Å². The van der Waals surface area contributed by atoms with Gasteiger partial charge in [0.1, 0.15) is 0 Å². The minimum absolute atomic E-state index is 0.189. The number of hydrogen-bond donors (Lipinski definition) is 1. The number of nitro benzene ring substituents is 1. The Balaban J connectivity index is 2.05. The van der Waals surface area contributed by atoms with Crippen molar-refractivity contribution in [3.8, 4) is 11.5 Å². The molecule has 25 heavy (non-hydrogen) atoms. The van der Waals surface area contributed by atoms with E-state index in [0.717, 1.165) is 0 Å². The van der Waals surface area contributed by atoms with Gasteiger partial charge in [-0.3, -0.25) is 19.8 Å². The van der Waals surface area contributed by atoms with Crippen molar-refractivity contribution in [3.05, 3.63) is 27.8 Å². The Kier molecular flexibility index (Phi) is 6.66. The zero-order valence-corrected chi connectivity index (χ0v) is 14.1. The van der Waals surface area contributed by atoms with Gasteiger partial charge in [0.25, 0.3) is 11.6 Å². The molecule has 1 aliphatic rings. The van der Waals surface area contributed by atoms with Gasteiger partial charge in [-0.05, 0) is 6.07 Å². The maximum absolute atomic E-state index is 11.9. The SMILES string of the molecule is COc1cc(C=NNC(=O)CN2CCOCC2)c([N+](=O)[O-])cc1OC. The average Bonchev–Trinajstić information content (AvgIpc) is 2.61. The van der Waals surface area contributed by atoms with Gasteiger partial charge >= 0.3 is 0 Å². The Morgan fingerprint density at radius 1 is 1.36 bits per heavy atom. The highest BCUT2D eigenvalue weighted by Gasteiger charge is 2.18. The highest BCUT2D eigenvalue weighted by molar-refractivity contribution is 5.88. The molecule has 0 atom stereocenters. The number of methoxy groups -OCH3 is 2. The fourth-order valence-electron chi connectivity index (χ4n) is 2.32. The number of morpholine rings is 1. The number of carbonyl (C=O) groups excluding carboxylic acids is 1. The quantitative estimate of drug-likeness (QED) is 0.429. The van der Waals surface area contributed by atoms with E-state index >= 15 is 0 Å². The van der Waals surface area contributed by atoms with Crippen LogP contribution in [0, 0.1) is 10.1 Å². The highest BCUT2D eigenvalue weighted by Crippen LogP contribution is 2.33. The number of nitro groups is 1. The van der Waals surface area contributed by atoms with Crippen LogP contribution in [0.2, 0.25) is 0 Å². The maximum Gasteiger partial charge on any atom is 0.282 e. The minimum atomic E-state index is -0.557. The van der Waals surface area contributed by atoms with Gasteiger partial charge in [0.15, 0.2) is 11.5 Å². The number of hydrogen-bond acceptors (Lipinski definition) is 8. The number of amides is 1. The summed E-state index contributed by atoms with van der Waals surface area (Å²) in [6, 6.07) is 2.67. The Labute approximate surface area is 144 Å². The first kappa shape index (κ1) is 18.6. The normalized spacial score (nSPS) is 15.1. The molecule has 10 nitrogen and oxygen atoms in total. The molecule has 1 N–H and O–H groups in total. The first-order valence-corrected chi connectivity index (χ1v) is 7.57. The van der Waals surface area contributed by atoms with Gasteiger partial charge in [-0.15, -0.1) is 0 Å². The lowest BCUT2D eigenvalue weighted by atomic mass is 10.1. The Hall–Kier alpha value is -2.72. The Morgan fingerprint density at radius 2 is 2.00 bits per heavy atom. The van der Waals surface area contributed by atoms with E-state index in [1.54, 1.807) is 0 Å². The molecule has 0 saturated carbocycles. The molecule has 1 aromatic rings. The van der Waals surface area contributed by atoms with Crippen molar-refractivity contribution in [2.24, 2.45) is 5.10 Å². The van der Waals surface area contributed by atoms with Gasteiger partial charge in [0.2, 0.25) is 0 Å². The number of benzene rings is 1. The van der Waals surface area contributed by atoms with Crippen LogP contribution in [0.1, 0.15) is 5.56 Å². The largest absolute Gasteiger partial charge is 0.493 e. The molecule has 10 heteroatoms. The van der Waals surface area contributed by atoms with Gasteiger partial charge in [0.05, 0.1) is 56.7 Å². The first-order valence-electron chi connectivity index (χ1n) is 7.57. The molecule has 1 heterocycles. The van der Waals surface area contributed by atoms with E-state index in [0.29, 0.717) is 32.1 Å². The van der Waals surface area contributed by atoms with Gasteiger partial charge in [-0.2, -0.15) is 5.10 Å². The number of rotatable bonds is 7. The van der Waals surface area contributed by atoms with Crippen LogP contribution >= 0.6 is 0 Å². The Bertz CT molecular complexity index is 658. The lowest BCUT2D eigenvalue weighted by Crippen LogP contribution is -2.42. The molecule has 136 valence electrons. The molecule has 0 unspecified atom stereocenters. The monoisotopic (exact) mass is 352 g/mol. The summed E-state index contributed by atoms with van der Waals surface area (Å²) < 4.78 is 15.4. The van der Waals surface area contributed by atoms with Crippen molar-refractivity contribution >= 4 is 17.8 Å². The van der Waals surface area contributed by atoms with Gasteiger partial charge < -0.3 is 14.2 Å². The average molecular weight is 352 g/mol. The van der Waals surface area contributed by atoms with Crippen molar-refractivity contribution in [2.75, 3.05) is 47.1 Å². The summed E-state index contributed by atoms with van der Waals surface area (Å²) in [6.07, 6.45) is 1.21.